The summed E-state index contributed by atoms with van der Waals surface area (Å²) in [5.41, 5.74) is 1.16. The summed E-state index contributed by atoms with van der Waals surface area (Å²) in [7, 11) is -3.54. The number of hydrogen-bond acceptors (Lipinski definition) is 4. The molecule has 0 amide bonds. The van der Waals surface area contributed by atoms with Gasteiger partial charge in [-0.05, 0) is 30.0 Å². The van der Waals surface area contributed by atoms with Crippen LogP contribution in [-0.4, -0.2) is 36.9 Å². The number of carbonyl (C=O) groups is 1. The van der Waals surface area contributed by atoms with Gasteiger partial charge < -0.3 is 5.11 Å². The second-order valence-electron chi connectivity index (χ2n) is 5.55. The van der Waals surface area contributed by atoms with Gasteiger partial charge in [-0.3, -0.25) is 4.79 Å². The quantitative estimate of drug-likeness (QED) is 0.898. The first-order valence-electron chi connectivity index (χ1n) is 7.32. The molecule has 2 aromatic rings. The summed E-state index contributed by atoms with van der Waals surface area (Å²) >= 11 is 1.04. The van der Waals surface area contributed by atoms with Gasteiger partial charge in [-0.15, -0.1) is 11.3 Å². The monoisotopic (exact) mass is 351 g/mol. The van der Waals surface area contributed by atoms with E-state index in [0.29, 0.717) is 18.0 Å². The minimum Gasteiger partial charge on any atom is -0.481 e. The van der Waals surface area contributed by atoms with Crippen LogP contribution >= 0.6 is 11.3 Å². The van der Waals surface area contributed by atoms with E-state index in [1.54, 1.807) is 6.07 Å². The maximum Gasteiger partial charge on any atom is 0.308 e. The van der Waals surface area contributed by atoms with Crippen LogP contribution < -0.4 is 0 Å². The molecule has 23 heavy (non-hydrogen) atoms. The highest BCUT2D eigenvalue weighted by Gasteiger charge is 2.34. The summed E-state index contributed by atoms with van der Waals surface area (Å²) in [6.07, 6.45) is 0.656. The number of carboxylic acids is 1. The fraction of sp³-hybridized carbons (Fsp3) is 0.312. The molecule has 0 bridgehead atoms. The molecular formula is C16H17NO4S2. The van der Waals surface area contributed by atoms with Gasteiger partial charge in [-0.25, -0.2) is 8.42 Å². The van der Waals surface area contributed by atoms with Crippen LogP contribution in [0.2, 0.25) is 0 Å². The molecule has 122 valence electrons. The third-order valence-electron chi connectivity index (χ3n) is 3.98. The van der Waals surface area contributed by atoms with Gasteiger partial charge in [0.05, 0.1) is 6.42 Å². The Hall–Kier alpha value is -1.70. The average molecular weight is 351 g/mol. The predicted molar refractivity (Wildman–Crippen MR) is 88.2 cm³/mol. The standard InChI is InChI=1S/C16H17NO4S2/c18-15(19)10-14-6-7-16(22-14)23(20,21)17-9-8-13(11-17)12-4-2-1-3-5-12/h1-7,13H,8-11H2,(H,18,19). The fourth-order valence-corrected chi connectivity index (χ4v) is 5.81. The molecule has 0 aliphatic carbocycles. The van der Waals surface area contributed by atoms with Crippen molar-refractivity contribution in [2.75, 3.05) is 13.1 Å². The van der Waals surface area contributed by atoms with Crippen LogP contribution in [0.3, 0.4) is 0 Å². The molecule has 2 heterocycles. The van der Waals surface area contributed by atoms with Crippen LogP contribution in [0.15, 0.2) is 46.7 Å². The highest BCUT2D eigenvalue weighted by molar-refractivity contribution is 7.91. The Kier molecular flexibility index (Phi) is 4.52. The number of aliphatic carboxylic acids is 1. The van der Waals surface area contributed by atoms with E-state index >= 15 is 0 Å². The molecule has 1 atom stereocenters. The zero-order chi connectivity index (χ0) is 16.4. The highest BCUT2D eigenvalue weighted by Crippen LogP contribution is 2.33. The molecule has 1 aromatic heterocycles. The van der Waals surface area contributed by atoms with Crippen LogP contribution in [0.4, 0.5) is 0 Å². The molecule has 3 rings (SSSR count). The minimum absolute atomic E-state index is 0.146. The van der Waals surface area contributed by atoms with Gasteiger partial charge >= 0.3 is 5.97 Å². The molecule has 1 aliphatic rings. The van der Waals surface area contributed by atoms with Gasteiger partial charge in [0.15, 0.2) is 0 Å². The van der Waals surface area contributed by atoms with E-state index in [4.69, 9.17) is 5.11 Å². The third kappa shape index (κ3) is 3.46. The van der Waals surface area contributed by atoms with Crippen molar-refractivity contribution in [3.8, 4) is 0 Å². The van der Waals surface area contributed by atoms with Crippen LogP contribution in [0, 0.1) is 0 Å². The van der Waals surface area contributed by atoms with Crippen LogP contribution in [0.25, 0.3) is 0 Å². The third-order valence-corrected chi connectivity index (χ3v) is 7.40. The van der Waals surface area contributed by atoms with Gasteiger partial charge in [0.25, 0.3) is 10.0 Å². The topological polar surface area (TPSA) is 74.7 Å². The number of nitrogens with zero attached hydrogens (tertiary/aromatic N) is 1. The smallest absolute Gasteiger partial charge is 0.308 e. The number of rotatable bonds is 5. The molecule has 1 aromatic carbocycles. The molecule has 1 N–H and O–H groups in total. The zero-order valence-electron chi connectivity index (χ0n) is 12.4. The lowest BCUT2D eigenvalue weighted by atomic mass is 9.99. The Morgan fingerprint density at radius 2 is 1.96 bits per heavy atom. The normalized spacial score (nSPS) is 19.0. The van der Waals surface area contributed by atoms with E-state index in [1.165, 1.54) is 10.4 Å². The van der Waals surface area contributed by atoms with Crippen LogP contribution in [0.1, 0.15) is 22.8 Å². The van der Waals surface area contributed by atoms with E-state index < -0.39 is 16.0 Å². The number of benzene rings is 1. The second kappa shape index (κ2) is 6.43. The average Bonchev–Trinajstić information content (AvgIpc) is 3.17. The Balaban J connectivity index is 1.76. The maximum absolute atomic E-state index is 12.7. The predicted octanol–water partition coefficient (Wildman–Crippen LogP) is 2.55. The van der Waals surface area contributed by atoms with Gasteiger partial charge in [0.2, 0.25) is 0 Å². The van der Waals surface area contributed by atoms with Gasteiger partial charge in [-0.2, -0.15) is 4.31 Å². The van der Waals surface area contributed by atoms with E-state index in [0.717, 1.165) is 23.3 Å². The first kappa shape index (κ1) is 16.2. The Labute approximate surface area is 139 Å². The molecular weight excluding hydrogens is 334 g/mol. The molecule has 0 saturated carbocycles. The number of thiophene rings is 1. The fourth-order valence-electron chi connectivity index (χ4n) is 2.81. The van der Waals surface area contributed by atoms with E-state index in [9.17, 15) is 13.2 Å². The Bertz CT molecular complexity index is 798. The molecule has 1 fully saturated rings. The molecule has 0 spiro atoms. The summed E-state index contributed by atoms with van der Waals surface area (Å²) < 4.78 is 27.1. The lowest BCUT2D eigenvalue weighted by Gasteiger charge is -2.15. The summed E-state index contributed by atoms with van der Waals surface area (Å²) in [6, 6.07) is 13.0. The minimum atomic E-state index is -3.54. The molecule has 0 radical (unpaired) electrons. The van der Waals surface area contributed by atoms with Crippen molar-refractivity contribution in [3.05, 3.63) is 52.9 Å². The summed E-state index contributed by atoms with van der Waals surface area (Å²) in [6.45, 7) is 0.965. The number of carboxylic acid groups (broad SMARTS) is 1. The van der Waals surface area contributed by atoms with Crippen LogP contribution in [-0.2, 0) is 21.2 Å². The van der Waals surface area contributed by atoms with Gasteiger partial charge in [-0.1, -0.05) is 30.3 Å². The largest absolute Gasteiger partial charge is 0.481 e. The van der Waals surface area contributed by atoms with Crippen LogP contribution in [0.5, 0.6) is 0 Å². The van der Waals surface area contributed by atoms with E-state index in [1.807, 2.05) is 30.3 Å². The van der Waals surface area contributed by atoms with E-state index in [2.05, 4.69) is 0 Å². The van der Waals surface area contributed by atoms with Crippen molar-refractivity contribution in [3.63, 3.8) is 0 Å². The number of hydrogen-bond donors (Lipinski definition) is 1. The van der Waals surface area contributed by atoms with Crippen molar-refractivity contribution in [1.29, 1.82) is 0 Å². The summed E-state index contributed by atoms with van der Waals surface area (Å²) in [5, 5.41) is 8.80. The molecule has 7 heteroatoms. The lowest BCUT2D eigenvalue weighted by Crippen LogP contribution is -2.28. The Morgan fingerprint density at radius 3 is 2.65 bits per heavy atom. The lowest BCUT2D eigenvalue weighted by molar-refractivity contribution is -0.136. The second-order valence-corrected chi connectivity index (χ2v) is 8.88. The SMILES string of the molecule is O=C(O)Cc1ccc(S(=O)(=O)N2CCC(c3ccccc3)C2)s1. The molecule has 1 saturated heterocycles. The molecule has 5 nitrogen and oxygen atoms in total. The molecule has 1 aliphatic heterocycles. The molecule has 1 unspecified atom stereocenters. The maximum atomic E-state index is 12.7. The Morgan fingerprint density at radius 1 is 1.22 bits per heavy atom. The van der Waals surface area contributed by atoms with E-state index in [-0.39, 0.29) is 16.5 Å². The van der Waals surface area contributed by atoms with Crippen molar-refractivity contribution >= 4 is 27.3 Å². The zero-order valence-corrected chi connectivity index (χ0v) is 14.0. The highest BCUT2D eigenvalue weighted by atomic mass is 32.2. The van der Waals surface area contributed by atoms with Crippen molar-refractivity contribution in [1.82, 2.24) is 4.31 Å². The van der Waals surface area contributed by atoms with Crippen molar-refractivity contribution in [2.45, 2.75) is 23.0 Å². The number of sulfonamides is 1. The first-order chi connectivity index (χ1) is 11.0. The van der Waals surface area contributed by atoms with Gasteiger partial charge in [0.1, 0.15) is 4.21 Å². The van der Waals surface area contributed by atoms with Crippen molar-refractivity contribution in [2.24, 2.45) is 0 Å². The summed E-state index contributed by atoms with van der Waals surface area (Å²) in [5.74, 6) is -0.745. The van der Waals surface area contributed by atoms with Gasteiger partial charge in [0, 0.05) is 18.0 Å². The first-order valence-corrected chi connectivity index (χ1v) is 9.58. The summed E-state index contributed by atoms with van der Waals surface area (Å²) in [4.78, 5) is 11.3. The van der Waals surface area contributed by atoms with Crippen molar-refractivity contribution < 1.29 is 18.3 Å².